The van der Waals surface area contributed by atoms with Crippen molar-refractivity contribution < 1.29 is 9.59 Å². The monoisotopic (exact) mass is 782 g/mol. The van der Waals surface area contributed by atoms with E-state index in [4.69, 9.17) is 16.6 Å². The highest BCUT2D eigenvalue weighted by Gasteiger charge is 2.42. The normalized spacial score (nSPS) is 20.4. The molecule has 10 nitrogen and oxygen atoms in total. The standard InChI is InChI=1S/C46H51ClN8O2/c1-51(2)41(34-12-6-5-7-13-34)45(56)55-28-11-17-40(55)44-48-26-29-53(44)35-24-22-32(23-25-35)31-18-20-33(21-19-31)38-30-49-43(50-38)39-16-10-27-54(39)46(57)42(52(3)4)36-14-8-9-15-37(36)47/h5-9,12-15,18-26,29-30,39-42,44,48H,10-11,16-17,27-28H2,1-4H3,(H,49,50)/t39-,40-,41+,42+,44?/m0/s1. The first-order chi connectivity index (χ1) is 27.7. The minimum absolute atomic E-state index is 0.0315. The first kappa shape index (κ1) is 38.5. The Morgan fingerprint density at radius 1 is 0.737 bits per heavy atom. The van der Waals surface area contributed by atoms with Gasteiger partial charge in [-0.15, -0.1) is 0 Å². The van der Waals surface area contributed by atoms with Crippen LogP contribution in [0, 0.1) is 0 Å². The summed E-state index contributed by atoms with van der Waals surface area (Å²) in [6, 6.07) is 33.9. The van der Waals surface area contributed by atoms with Gasteiger partial charge in [-0.05, 0) is 99.9 Å². The molecular formula is C46H51ClN8O2. The molecule has 294 valence electrons. The van der Waals surface area contributed by atoms with E-state index in [9.17, 15) is 9.59 Å². The van der Waals surface area contributed by atoms with Crippen LogP contribution in [0.25, 0.3) is 22.4 Å². The number of rotatable bonds is 11. The zero-order chi connectivity index (χ0) is 39.6. The lowest BCUT2D eigenvalue weighted by Crippen LogP contribution is -2.54. The summed E-state index contributed by atoms with van der Waals surface area (Å²) >= 11 is 6.56. The smallest absolute Gasteiger partial charge is 0.245 e. The van der Waals surface area contributed by atoms with E-state index < -0.39 is 6.04 Å². The minimum atomic E-state index is -0.477. The molecule has 11 heteroatoms. The van der Waals surface area contributed by atoms with Crippen molar-refractivity contribution in [1.82, 2.24) is 34.9 Å². The number of aromatic nitrogens is 2. The number of hydrogen-bond donors (Lipinski definition) is 2. The molecule has 1 aromatic heterocycles. The second-order valence-electron chi connectivity index (χ2n) is 15.7. The predicted octanol–water partition coefficient (Wildman–Crippen LogP) is 7.86. The van der Waals surface area contributed by atoms with Gasteiger partial charge in [-0.3, -0.25) is 19.4 Å². The van der Waals surface area contributed by atoms with Gasteiger partial charge in [0.2, 0.25) is 11.8 Å². The van der Waals surface area contributed by atoms with Crippen LogP contribution in [-0.2, 0) is 9.59 Å². The van der Waals surface area contributed by atoms with Crippen LogP contribution in [0.15, 0.2) is 122 Å². The maximum atomic E-state index is 14.1. The van der Waals surface area contributed by atoms with Crippen LogP contribution in [0.3, 0.4) is 0 Å². The number of carbonyl (C=O) groups excluding carboxylic acids is 2. The number of halogens is 1. The van der Waals surface area contributed by atoms with Gasteiger partial charge in [0.1, 0.15) is 24.1 Å². The molecule has 1 unspecified atom stereocenters. The molecule has 4 aromatic carbocycles. The van der Waals surface area contributed by atoms with Crippen molar-refractivity contribution in [3.63, 3.8) is 0 Å². The maximum absolute atomic E-state index is 14.1. The molecule has 2 amide bonds. The lowest BCUT2D eigenvalue weighted by molar-refractivity contribution is -0.138. The third-order valence-electron chi connectivity index (χ3n) is 11.7. The van der Waals surface area contributed by atoms with E-state index in [0.29, 0.717) is 11.6 Å². The van der Waals surface area contributed by atoms with Gasteiger partial charge in [-0.1, -0.05) is 96.5 Å². The summed E-state index contributed by atoms with van der Waals surface area (Å²) in [4.78, 5) is 46.7. The first-order valence-electron chi connectivity index (χ1n) is 19.9. The van der Waals surface area contributed by atoms with Gasteiger partial charge in [-0.25, -0.2) is 4.98 Å². The van der Waals surface area contributed by atoms with Gasteiger partial charge in [0.05, 0.1) is 24.0 Å². The Kier molecular flexibility index (Phi) is 11.2. The lowest BCUT2D eigenvalue weighted by atomic mass is 10.0. The number of carbonyl (C=O) groups is 2. The minimum Gasteiger partial charge on any atom is -0.368 e. The third-order valence-corrected chi connectivity index (χ3v) is 12.1. The summed E-state index contributed by atoms with van der Waals surface area (Å²) in [6.45, 7) is 1.43. The van der Waals surface area contributed by atoms with Crippen molar-refractivity contribution in [2.45, 2.75) is 56.0 Å². The molecule has 2 N–H and O–H groups in total. The van der Waals surface area contributed by atoms with Crippen molar-refractivity contribution in [2.75, 3.05) is 46.2 Å². The Morgan fingerprint density at radius 2 is 1.35 bits per heavy atom. The maximum Gasteiger partial charge on any atom is 0.245 e. The number of nitrogens with zero attached hydrogens (tertiary/aromatic N) is 6. The van der Waals surface area contributed by atoms with Crippen LogP contribution < -0.4 is 10.2 Å². The molecule has 0 aliphatic carbocycles. The molecule has 0 spiro atoms. The molecule has 57 heavy (non-hydrogen) atoms. The molecule has 5 aromatic rings. The predicted molar refractivity (Wildman–Crippen MR) is 227 cm³/mol. The van der Waals surface area contributed by atoms with Crippen LogP contribution in [0.2, 0.25) is 5.02 Å². The van der Waals surface area contributed by atoms with Gasteiger partial charge >= 0.3 is 0 Å². The van der Waals surface area contributed by atoms with Gasteiger partial charge in [0.15, 0.2) is 0 Å². The molecule has 8 rings (SSSR count). The number of likely N-dealkylation sites (N-methyl/N-ethyl adjacent to an activating group) is 2. The van der Waals surface area contributed by atoms with E-state index in [1.807, 2.05) is 110 Å². The van der Waals surface area contributed by atoms with Crippen LogP contribution >= 0.6 is 11.6 Å². The molecule has 3 aliphatic rings. The van der Waals surface area contributed by atoms with Crippen LogP contribution in [-0.4, -0.2) is 94.9 Å². The molecule has 0 radical (unpaired) electrons. The molecule has 0 saturated carbocycles. The third kappa shape index (κ3) is 7.69. The number of aromatic amines is 1. The quantitative estimate of drug-likeness (QED) is 0.141. The molecular weight excluding hydrogens is 732 g/mol. The van der Waals surface area contributed by atoms with Crippen LogP contribution in [0.5, 0.6) is 0 Å². The Balaban J connectivity index is 0.939. The van der Waals surface area contributed by atoms with Crippen LogP contribution in [0.1, 0.15) is 60.8 Å². The van der Waals surface area contributed by atoms with E-state index in [-0.39, 0.29) is 36.1 Å². The Bertz CT molecular complexity index is 2200. The average molecular weight is 783 g/mol. The zero-order valence-electron chi connectivity index (χ0n) is 33.1. The Hall–Kier alpha value is -5.42. The molecule has 0 bridgehead atoms. The second kappa shape index (κ2) is 16.6. The fourth-order valence-corrected chi connectivity index (χ4v) is 9.15. The number of nitrogens with one attached hydrogen (secondary N) is 2. The zero-order valence-corrected chi connectivity index (χ0v) is 33.8. The van der Waals surface area contributed by atoms with Gasteiger partial charge in [-0.2, -0.15) is 0 Å². The van der Waals surface area contributed by atoms with Gasteiger partial charge in [0.25, 0.3) is 0 Å². The Morgan fingerprint density at radius 3 is 2.05 bits per heavy atom. The number of likely N-dealkylation sites (tertiary alicyclic amines) is 2. The number of hydrogen-bond acceptors (Lipinski definition) is 7. The average Bonchev–Trinajstić information content (AvgIpc) is 4.06. The second-order valence-corrected chi connectivity index (χ2v) is 16.1. The molecule has 5 atom stereocenters. The van der Waals surface area contributed by atoms with Crippen molar-refractivity contribution in [3.8, 4) is 22.4 Å². The van der Waals surface area contributed by atoms with E-state index in [2.05, 4.69) is 74.8 Å². The van der Waals surface area contributed by atoms with Crippen molar-refractivity contribution in [2.24, 2.45) is 0 Å². The summed E-state index contributed by atoms with van der Waals surface area (Å²) in [5, 5.41) is 4.15. The van der Waals surface area contributed by atoms with E-state index in [1.54, 1.807) is 0 Å². The van der Waals surface area contributed by atoms with Gasteiger partial charge < -0.3 is 25.0 Å². The summed E-state index contributed by atoms with van der Waals surface area (Å²) in [7, 11) is 7.79. The summed E-state index contributed by atoms with van der Waals surface area (Å²) in [6.07, 6.45) is 9.57. The van der Waals surface area contributed by atoms with Crippen molar-refractivity contribution in [3.05, 3.63) is 144 Å². The first-order valence-corrected chi connectivity index (χ1v) is 20.3. The number of amides is 2. The number of benzene rings is 4. The van der Waals surface area contributed by atoms with Crippen molar-refractivity contribution >= 4 is 29.1 Å². The van der Waals surface area contributed by atoms with Crippen molar-refractivity contribution in [1.29, 1.82) is 0 Å². The van der Waals surface area contributed by atoms with E-state index >= 15 is 0 Å². The summed E-state index contributed by atoms with van der Waals surface area (Å²) < 4.78 is 0. The van der Waals surface area contributed by atoms with E-state index in [0.717, 1.165) is 77.3 Å². The highest BCUT2D eigenvalue weighted by atomic mass is 35.5. The molecule has 3 aliphatic heterocycles. The molecule has 2 fully saturated rings. The Labute approximate surface area is 340 Å². The summed E-state index contributed by atoms with van der Waals surface area (Å²) in [5.74, 6) is 0.977. The largest absolute Gasteiger partial charge is 0.368 e. The molecule has 2 saturated heterocycles. The highest BCUT2D eigenvalue weighted by Crippen LogP contribution is 2.37. The van der Waals surface area contributed by atoms with Gasteiger partial charge in [0, 0.05) is 36.2 Å². The number of anilines is 1. The lowest BCUT2D eigenvalue weighted by Gasteiger charge is -2.38. The topological polar surface area (TPSA) is 91.1 Å². The SMILES string of the molecule is CN(C)[C@@H](C(=O)N1CCC[C@H]1C1NC=CN1c1ccc(-c2ccc(-c3cnc([C@@H]4CCCN4C(=O)[C@@H](c4ccccc4Cl)N(C)C)[nH]3)cc2)cc1)c1ccccc1. The number of H-pyrrole nitrogens is 1. The highest BCUT2D eigenvalue weighted by molar-refractivity contribution is 6.31. The number of imidazole rings is 1. The fourth-order valence-electron chi connectivity index (χ4n) is 8.91. The van der Waals surface area contributed by atoms with Crippen LogP contribution in [0.4, 0.5) is 5.69 Å². The van der Waals surface area contributed by atoms with E-state index in [1.165, 1.54) is 0 Å². The summed E-state index contributed by atoms with van der Waals surface area (Å²) in [5.41, 5.74) is 7.07. The molecule has 4 heterocycles. The fraction of sp³-hybridized carbons (Fsp3) is 0.326.